The molecule has 0 atom stereocenters. The summed E-state index contributed by atoms with van der Waals surface area (Å²) in [5.41, 5.74) is 0. The van der Waals surface area contributed by atoms with Crippen LogP contribution < -0.4 is 10.6 Å². The average Bonchev–Trinajstić information content (AvgIpc) is 1.96. The Morgan fingerprint density at radius 1 is 1.23 bits per heavy atom. The maximum atomic E-state index is 5.32. The van der Waals surface area contributed by atoms with Crippen molar-refractivity contribution in [3.63, 3.8) is 0 Å². The summed E-state index contributed by atoms with van der Waals surface area (Å²) in [6.07, 6.45) is 0.193. The third-order valence-electron chi connectivity index (χ3n) is 1.38. The van der Waals surface area contributed by atoms with Gasteiger partial charge >= 0.3 is 0 Å². The fourth-order valence-electron chi connectivity index (χ4n) is 0.889. The molecule has 0 rings (SSSR count). The van der Waals surface area contributed by atoms with E-state index in [1.807, 2.05) is 13.8 Å². The number of hydrogen-bond donors (Lipinski definition) is 2. The molecule has 0 aliphatic heterocycles. The first-order chi connectivity index (χ1) is 6.02. The van der Waals surface area contributed by atoms with Crippen LogP contribution in [0.15, 0.2) is 12.5 Å². The van der Waals surface area contributed by atoms with Crippen LogP contribution in [0.3, 0.4) is 0 Å². The van der Waals surface area contributed by atoms with Gasteiger partial charge in [-0.05, 0) is 20.4 Å². The minimum absolute atomic E-state index is 0.193. The Balaban J connectivity index is 3.27. The minimum Gasteiger partial charge on any atom is -0.477 e. The molecule has 0 aromatic carbocycles. The standard InChI is InChI=1S/C10H22N2O/c1-8(2)11-6-7-12-10(5)13-9(3)4/h8-9,11-12H,5-7H2,1-4H3. The van der Waals surface area contributed by atoms with Crippen LogP contribution >= 0.6 is 0 Å². The second-order valence-corrected chi connectivity index (χ2v) is 3.63. The lowest BCUT2D eigenvalue weighted by Crippen LogP contribution is -2.32. The first-order valence-electron chi connectivity index (χ1n) is 4.85. The Hall–Kier alpha value is -0.700. The Labute approximate surface area is 81.5 Å². The molecule has 0 saturated heterocycles. The molecule has 0 bridgehead atoms. The highest BCUT2D eigenvalue weighted by atomic mass is 16.5. The van der Waals surface area contributed by atoms with Gasteiger partial charge in [0, 0.05) is 19.1 Å². The summed E-state index contributed by atoms with van der Waals surface area (Å²) in [5, 5.41) is 6.39. The van der Waals surface area contributed by atoms with E-state index >= 15 is 0 Å². The van der Waals surface area contributed by atoms with Gasteiger partial charge in [-0.25, -0.2) is 0 Å². The van der Waals surface area contributed by atoms with E-state index in [9.17, 15) is 0 Å². The zero-order valence-electron chi connectivity index (χ0n) is 9.18. The number of ether oxygens (including phenoxy) is 1. The molecule has 13 heavy (non-hydrogen) atoms. The molecule has 0 aromatic rings. The van der Waals surface area contributed by atoms with Gasteiger partial charge in [0.15, 0.2) is 5.88 Å². The monoisotopic (exact) mass is 186 g/mol. The Morgan fingerprint density at radius 2 is 1.85 bits per heavy atom. The van der Waals surface area contributed by atoms with Crippen LogP contribution in [0.4, 0.5) is 0 Å². The molecule has 0 aliphatic rings. The Morgan fingerprint density at radius 3 is 2.31 bits per heavy atom. The van der Waals surface area contributed by atoms with E-state index < -0.39 is 0 Å². The van der Waals surface area contributed by atoms with Gasteiger partial charge in [0.1, 0.15) is 0 Å². The van der Waals surface area contributed by atoms with Crippen LogP contribution in [0.5, 0.6) is 0 Å². The fraction of sp³-hybridized carbons (Fsp3) is 0.800. The van der Waals surface area contributed by atoms with Crippen molar-refractivity contribution in [2.45, 2.75) is 39.8 Å². The summed E-state index contributed by atoms with van der Waals surface area (Å²) in [5.74, 6) is 0.653. The molecular formula is C10H22N2O. The van der Waals surface area contributed by atoms with Crippen molar-refractivity contribution >= 4 is 0 Å². The van der Waals surface area contributed by atoms with Crippen molar-refractivity contribution in [1.82, 2.24) is 10.6 Å². The van der Waals surface area contributed by atoms with Gasteiger partial charge in [0.2, 0.25) is 0 Å². The molecule has 0 saturated carbocycles. The maximum absolute atomic E-state index is 5.32. The lowest BCUT2D eigenvalue weighted by atomic mass is 10.4. The fourth-order valence-corrected chi connectivity index (χ4v) is 0.889. The Bertz CT molecular complexity index is 144. The molecule has 3 nitrogen and oxygen atoms in total. The molecule has 78 valence electrons. The zero-order chi connectivity index (χ0) is 10.3. The van der Waals surface area contributed by atoms with Crippen LogP contribution in [0.25, 0.3) is 0 Å². The molecule has 0 heterocycles. The van der Waals surface area contributed by atoms with E-state index in [0.29, 0.717) is 11.9 Å². The highest BCUT2D eigenvalue weighted by Crippen LogP contribution is 1.94. The number of hydrogen-bond acceptors (Lipinski definition) is 3. The van der Waals surface area contributed by atoms with Crippen molar-refractivity contribution in [1.29, 1.82) is 0 Å². The van der Waals surface area contributed by atoms with Crippen molar-refractivity contribution in [3.05, 3.63) is 12.5 Å². The van der Waals surface area contributed by atoms with Crippen molar-refractivity contribution in [2.24, 2.45) is 0 Å². The average molecular weight is 186 g/mol. The number of rotatable bonds is 7. The quantitative estimate of drug-likeness (QED) is 0.466. The second-order valence-electron chi connectivity index (χ2n) is 3.63. The van der Waals surface area contributed by atoms with Gasteiger partial charge in [0.05, 0.1) is 6.10 Å². The summed E-state index contributed by atoms with van der Waals surface area (Å²) in [6, 6.07) is 0.529. The summed E-state index contributed by atoms with van der Waals surface area (Å²) < 4.78 is 5.32. The van der Waals surface area contributed by atoms with Gasteiger partial charge in [-0.1, -0.05) is 13.8 Å². The molecule has 0 amide bonds. The van der Waals surface area contributed by atoms with Gasteiger partial charge in [-0.3, -0.25) is 0 Å². The smallest absolute Gasteiger partial charge is 0.179 e. The highest BCUT2D eigenvalue weighted by molar-refractivity contribution is 4.79. The maximum Gasteiger partial charge on any atom is 0.179 e. The third-order valence-corrected chi connectivity index (χ3v) is 1.38. The molecule has 0 aliphatic carbocycles. The molecule has 0 spiro atoms. The van der Waals surface area contributed by atoms with Gasteiger partial charge in [-0.2, -0.15) is 0 Å². The largest absolute Gasteiger partial charge is 0.477 e. The highest BCUT2D eigenvalue weighted by Gasteiger charge is 1.97. The molecule has 2 N–H and O–H groups in total. The first kappa shape index (κ1) is 12.3. The summed E-state index contributed by atoms with van der Waals surface area (Å²) >= 11 is 0. The molecule has 3 heteroatoms. The summed E-state index contributed by atoms with van der Waals surface area (Å²) in [6.45, 7) is 13.7. The first-order valence-corrected chi connectivity index (χ1v) is 4.85. The SMILES string of the molecule is C=C(NCCNC(C)C)OC(C)C. The predicted octanol–water partition coefficient (Wildman–Crippen LogP) is 1.47. The normalized spacial score (nSPS) is 10.6. The van der Waals surface area contributed by atoms with E-state index in [0.717, 1.165) is 13.1 Å². The van der Waals surface area contributed by atoms with Crippen LogP contribution in [-0.4, -0.2) is 25.2 Å². The van der Waals surface area contributed by atoms with E-state index in [2.05, 4.69) is 31.1 Å². The van der Waals surface area contributed by atoms with E-state index in [-0.39, 0.29) is 6.10 Å². The van der Waals surface area contributed by atoms with E-state index in [1.165, 1.54) is 0 Å². The van der Waals surface area contributed by atoms with Crippen LogP contribution in [0.2, 0.25) is 0 Å². The van der Waals surface area contributed by atoms with Gasteiger partial charge in [-0.15, -0.1) is 0 Å². The van der Waals surface area contributed by atoms with E-state index in [1.54, 1.807) is 0 Å². The van der Waals surface area contributed by atoms with Gasteiger partial charge < -0.3 is 15.4 Å². The van der Waals surface area contributed by atoms with Gasteiger partial charge in [0.25, 0.3) is 0 Å². The number of nitrogens with one attached hydrogen (secondary N) is 2. The van der Waals surface area contributed by atoms with Crippen molar-refractivity contribution in [2.75, 3.05) is 13.1 Å². The summed E-state index contributed by atoms with van der Waals surface area (Å²) in [4.78, 5) is 0. The lowest BCUT2D eigenvalue weighted by Gasteiger charge is -2.14. The van der Waals surface area contributed by atoms with E-state index in [4.69, 9.17) is 4.74 Å². The van der Waals surface area contributed by atoms with Crippen molar-refractivity contribution < 1.29 is 4.74 Å². The topological polar surface area (TPSA) is 33.3 Å². The van der Waals surface area contributed by atoms with Crippen molar-refractivity contribution in [3.8, 4) is 0 Å². The molecule has 0 aromatic heterocycles. The lowest BCUT2D eigenvalue weighted by molar-refractivity contribution is 0.132. The molecular weight excluding hydrogens is 164 g/mol. The third kappa shape index (κ3) is 9.21. The van der Waals surface area contributed by atoms with Crippen LogP contribution in [0, 0.1) is 0 Å². The zero-order valence-corrected chi connectivity index (χ0v) is 9.18. The van der Waals surface area contributed by atoms with Crippen LogP contribution in [0.1, 0.15) is 27.7 Å². The minimum atomic E-state index is 0.193. The second kappa shape index (κ2) is 6.78. The summed E-state index contributed by atoms with van der Waals surface area (Å²) in [7, 11) is 0. The molecule has 0 fully saturated rings. The molecule has 0 unspecified atom stereocenters. The predicted molar refractivity (Wildman–Crippen MR) is 56.5 cm³/mol. The van der Waals surface area contributed by atoms with Crippen LogP contribution in [-0.2, 0) is 4.74 Å². The Kier molecular flexibility index (Phi) is 6.41. The molecule has 0 radical (unpaired) electrons.